The molecule has 0 amide bonds. The molecule has 5 aromatic rings. The predicted molar refractivity (Wildman–Crippen MR) is 147 cm³/mol. The lowest BCUT2D eigenvalue weighted by Crippen LogP contribution is -2.26. The van der Waals surface area contributed by atoms with Crippen LogP contribution in [0.1, 0.15) is 31.1 Å². The van der Waals surface area contributed by atoms with Crippen LogP contribution in [0, 0.1) is 0 Å². The van der Waals surface area contributed by atoms with Gasteiger partial charge in [-0.3, -0.25) is 9.36 Å². The molecule has 0 fully saturated rings. The lowest BCUT2D eigenvalue weighted by molar-refractivity contribution is 0.398. The number of aromatic nitrogens is 4. The van der Waals surface area contributed by atoms with Gasteiger partial charge in [0.25, 0.3) is 5.56 Å². The standard InChI is InChI=1S/C29H28N6O2/c1-4-19-17-32-29(30)34-27(19)33-18(2)24-15-21-9-8-12-23(20-13-14-31-25(16-20)37-3)26(21)28(36)35(24)22-10-6-5-7-11-22/h5-18H,4H2,1-3H3,(H3,30,32,33,34). The van der Waals surface area contributed by atoms with E-state index in [0.29, 0.717) is 17.1 Å². The quantitative estimate of drug-likeness (QED) is 0.323. The van der Waals surface area contributed by atoms with Crippen molar-refractivity contribution in [3.8, 4) is 22.7 Å². The Morgan fingerprint density at radius 1 is 1.05 bits per heavy atom. The number of rotatable bonds is 7. The van der Waals surface area contributed by atoms with Crippen LogP contribution >= 0.6 is 0 Å². The van der Waals surface area contributed by atoms with E-state index in [1.54, 1.807) is 24.1 Å². The monoisotopic (exact) mass is 492 g/mol. The SMILES string of the molecule is CCc1cnc(N)nc1NC(C)c1cc2cccc(-c3ccnc(OC)c3)c2c(=O)n1-c1ccccc1. The number of aryl methyl sites for hydroxylation is 1. The second kappa shape index (κ2) is 10.1. The predicted octanol–water partition coefficient (Wildman–Crippen LogP) is 5.17. The van der Waals surface area contributed by atoms with Crippen molar-refractivity contribution in [2.75, 3.05) is 18.2 Å². The van der Waals surface area contributed by atoms with Gasteiger partial charge in [-0.2, -0.15) is 4.98 Å². The van der Waals surface area contributed by atoms with Gasteiger partial charge in [0.05, 0.1) is 18.5 Å². The fraction of sp³-hybridized carbons (Fsp3) is 0.172. The first-order chi connectivity index (χ1) is 18.0. The van der Waals surface area contributed by atoms with Gasteiger partial charge < -0.3 is 15.8 Å². The molecule has 3 N–H and O–H groups in total. The number of nitrogen functional groups attached to an aromatic ring is 1. The normalized spacial score (nSPS) is 11.9. The summed E-state index contributed by atoms with van der Waals surface area (Å²) in [5.74, 6) is 1.35. The summed E-state index contributed by atoms with van der Waals surface area (Å²) in [5.41, 5.74) is 9.96. The zero-order valence-electron chi connectivity index (χ0n) is 21.0. The van der Waals surface area contributed by atoms with Crippen LogP contribution in [0.15, 0.2) is 83.9 Å². The van der Waals surface area contributed by atoms with Gasteiger partial charge in [-0.05, 0) is 54.1 Å². The average Bonchev–Trinajstić information content (AvgIpc) is 2.93. The van der Waals surface area contributed by atoms with Crippen molar-refractivity contribution >= 4 is 22.5 Å². The number of anilines is 2. The van der Waals surface area contributed by atoms with Crippen molar-refractivity contribution in [2.45, 2.75) is 26.3 Å². The molecule has 0 bridgehead atoms. The van der Waals surface area contributed by atoms with E-state index in [2.05, 4.69) is 26.3 Å². The van der Waals surface area contributed by atoms with E-state index in [1.807, 2.05) is 74.5 Å². The highest BCUT2D eigenvalue weighted by Crippen LogP contribution is 2.31. The maximum Gasteiger partial charge on any atom is 0.263 e. The van der Waals surface area contributed by atoms with Crippen molar-refractivity contribution in [1.82, 2.24) is 19.5 Å². The summed E-state index contributed by atoms with van der Waals surface area (Å²) >= 11 is 0. The third-order valence-electron chi connectivity index (χ3n) is 6.41. The molecule has 0 aliphatic carbocycles. The number of nitrogens with two attached hydrogens (primary N) is 1. The van der Waals surface area contributed by atoms with E-state index in [1.165, 1.54) is 0 Å². The van der Waals surface area contributed by atoms with Gasteiger partial charge in [-0.15, -0.1) is 0 Å². The van der Waals surface area contributed by atoms with Crippen LogP contribution in [-0.4, -0.2) is 26.6 Å². The van der Waals surface area contributed by atoms with Crippen LogP contribution in [0.2, 0.25) is 0 Å². The van der Waals surface area contributed by atoms with Gasteiger partial charge in [-0.25, -0.2) is 9.97 Å². The van der Waals surface area contributed by atoms with Gasteiger partial charge in [0, 0.05) is 35.4 Å². The molecule has 0 aliphatic rings. The Morgan fingerprint density at radius 2 is 1.86 bits per heavy atom. The van der Waals surface area contributed by atoms with Crippen LogP contribution in [-0.2, 0) is 6.42 Å². The molecule has 0 saturated heterocycles. The van der Waals surface area contributed by atoms with Gasteiger partial charge in [0.15, 0.2) is 0 Å². The fourth-order valence-corrected chi connectivity index (χ4v) is 4.56. The Hall–Kier alpha value is -4.72. The molecule has 0 spiro atoms. The highest BCUT2D eigenvalue weighted by atomic mass is 16.5. The smallest absolute Gasteiger partial charge is 0.263 e. The van der Waals surface area contributed by atoms with Crippen molar-refractivity contribution < 1.29 is 4.74 Å². The number of hydrogen-bond donors (Lipinski definition) is 2. The highest BCUT2D eigenvalue weighted by Gasteiger charge is 2.20. The average molecular weight is 493 g/mol. The molecule has 186 valence electrons. The topological polar surface area (TPSA) is 108 Å². The number of nitrogens with zero attached hydrogens (tertiary/aromatic N) is 4. The molecule has 1 unspecified atom stereocenters. The Morgan fingerprint density at radius 3 is 2.62 bits per heavy atom. The van der Waals surface area contributed by atoms with Crippen LogP contribution in [0.5, 0.6) is 5.88 Å². The van der Waals surface area contributed by atoms with Crippen LogP contribution in [0.4, 0.5) is 11.8 Å². The number of ether oxygens (including phenoxy) is 1. The minimum atomic E-state index is -0.262. The molecule has 3 aromatic heterocycles. The molecular weight excluding hydrogens is 464 g/mol. The number of methoxy groups -OCH3 is 1. The molecule has 8 nitrogen and oxygen atoms in total. The maximum atomic E-state index is 14.3. The Bertz CT molecular complexity index is 1630. The summed E-state index contributed by atoms with van der Waals surface area (Å²) in [6.45, 7) is 4.05. The van der Waals surface area contributed by atoms with Crippen LogP contribution in [0.3, 0.4) is 0 Å². The molecule has 3 heterocycles. The molecule has 0 saturated carbocycles. The van der Waals surface area contributed by atoms with Crippen LogP contribution < -0.4 is 21.3 Å². The molecule has 0 radical (unpaired) electrons. The van der Waals surface area contributed by atoms with Gasteiger partial charge >= 0.3 is 0 Å². The van der Waals surface area contributed by atoms with E-state index in [4.69, 9.17) is 10.5 Å². The molecule has 1 atom stereocenters. The van der Waals surface area contributed by atoms with Crippen molar-refractivity contribution in [3.05, 3.63) is 101 Å². The Labute approximate surface area is 214 Å². The summed E-state index contributed by atoms with van der Waals surface area (Å²) in [6.07, 6.45) is 4.16. The van der Waals surface area contributed by atoms with Crippen molar-refractivity contribution in [1.29, 1.82) is 0 Å². The summed E-state index contributed by atoms with van der Waals surface area (Å²) in [5, 5.41) is 4.93. The third-order valence-corrected chi connectivity index (χ3v) is 6.41. The zero-order valence-corrected chi connectivity index (χ0v) is 21.0. The molecule has 37 heavy (non-hydrogen) atoms. The van der Waals surface area contributed by atoms with E-state index >= 15 is 0 Å². The number of nitrogens with one attached hydrogen (secondary N) is 1. The maximum absolute atomic E-state index is 14.3. The van der Waals surface area contributed by atoms with Crippen molar-refractivity contribution in [2.24, 2.45) is 0 Å². The van der Waals surface area contributed by atoms with E-state index in [9.17, 15) is 4.79 Å². The Kier molecular flexibility index (Phi) is 6.55. The van der Waals surface area contributed by atoms with E-state index < -0.39 is 0 Å². The largest absolute Gasteiger partial charge is 0.481 e. The first-order valence-electron chi connectivity index (χ1n) is 12.1. The van der Waals surface area contributed by atoms with Gasteiger partial charge in [-0.1, -0.05) is 43.3 Å². The molecule has 2 aromatic carbocycles. The summed E-state index contributed by atoms with van der Waals surface area (Å²) < 4.78 is 7.09. The van der Waals surface area contributed by atoms with E-state index in [0.717, 1.165) is 39.9 Å². The lowest BCUT2D eigenvalue weighted by atomic mass is 9.98. The molecule has 0 aliphatic heterocycles. The molecule has 5 rings (SSSR count). The fourth-order valence-electron chi connectivity index (χ4n) is 4.56. The second-order valence-electron chi connectivity index (χ2n) is 8.72. The van der Waals surface area contributed by atoms with Crippen LogP contribution in [0.25, 0.3) is 27.6 Å². The number of hydrogen-bond acceptors (Lipinski definition) is 7. The lowest BCUT2D eigenvalue weighted by Gasteiger charge is -2.23. The summed E-state index contributed by atoms with van der Waals surface area (Å²) in [7, 11) is 1.58. The first kappa shape index (κ1) is 24.0. The Balaban J connectivity index is 1.74. The number of fused-ring (bicyclic) bond motifs is 1. The van der Waals surface area contributed by atoms with Gasteiger partial charge in [0.1, 0.15) is 5.82 Å². The highest BCUT2D eigenvalue weighted by molar-refractivity contribution is 5.96. The summed E-state index contributed by atoms with van der Waals surface area (Å²) in [6, 6.07) is 21.0. The molecule has 8 heteroatoms. The van der Waals surface area contributed by atoms with Gasteiger partial charge in [0.2, 0.25) is 11.8 Å². The minimum absolute atomic E-state index is 0.114. The first-order valence-corrected chi connectivity index (χ1v) is 12.1. The second-order valence-corrected chi connectivity index (χ2v) is 8.72. The molecular formula is C29H28N6O2. The van der Waals surface area contributed by atoms with E-state index in [-0.39, 0.29) is 17.5 Å². The zero-order chi connectivity index (χ0) is 25.9. The van der Waals surface area contributed by atoms with Crippen molar-refractivity contribution in [3.63, 3.8) is 0 Å². The number of para-hydroxylation sites is 1. The number of benzene rings is 2. The minimum Gasteiger partial charge on any atom is -0.481 e. The summed E-state index contributed by atoms with van der Waals surface area (Å²) in [4.78, 5) is 27.0. The number of pyridine rings is 2. The third kappa shape index (κ3) is 4.61.